The van der Waals surface area contributed by atoms with Gasteiger partial charge < -0.3 is 15.8 Å². The zero-order valence-corrected chi connectivity index (χ0v) is 15.6. The molecule has 0 aliphatic rings. The summed E-state index contributed by atoms with van der Waals surface area (Å²) in [7, 11) is 0. The Balaban J connectivity index is 3.67. The lowest BCUT2D eigenvalue weighted by Crippen LogP contribution is -2.26. The Kier molecular flexibility index (Phi) is 6.41. The molecule has 0 fully saturated rings. The number of nitrogens with two attached hydrogens (primary N) is 1. The topological polar surface area (TPSA) is 81.4 Å². The van der Waals surface area contributed by atoms with Crippen LogP contribution in [0.15, 0.2) is 12.1 Å². The lowest BCUT2D eigenvalue weighted by Gasteiger charge is -2.33. The van der Waals surface area contributed by atoms with Gasteiger partial charge in [-0.1, -0.05) is 47.6 Å². The lowest BCUT2D eigenvalue weighted by molar-refractivity contribution is -0.119. The minimum atomic E-state index is -0.537. The van der Waals surface area contributed by atoms with Crippen molar-refractivity contribution in [2.24, 2.45) is 5.73 Å². The maximum atomic E-state index is 11.1. The molecule has 0 unspecified atom stereocenters. The van der Waals surface area contributed by atoms with E-state index >= 15 is 0 Å². The van der Waals surface area contributed by atoms with E-state index < -0.39 is 5.91 Å². The number of amides is 2. The van der Waals surface area contributed by atoms with E-state index in [1.165, 1.54) is 0 Å². The highest BCUT2D eigenvalue weighted by Gasteiger charge is 2.32. The van der Waals surface area contributed by atoms with Crippen molar-refractivity contribution in [2.45, 2.75) is 65.2 Å². The first-order valence-electron chi connectivity index (χ1n) is 8.33. The zero-order valence-electron chi connectivity index (χ0n) is 15.6. The molecule has 5 nitrogen and oxygen atoms in total. The molecule has 0 saturated heterocycles. The van der Waals surface area contributed by atoms with E-state index in [-0.39, 0.29) is 17.4 Å². The second kappa shape index (κ2) is 7.69. The molecule has 5 heteroatoms. The number of hydrogen-bond donors (Lipinski definition) is 2. The van der Waals surface area contributed by atoms with Crippen molar-refractivity contribution in [1.82, 2.24) is 0 Å². The van der Waals surface area contributed by atoms with Gasteiger partial charge in [-0.3, -0.25) is 9.59 Å². The van der Waals surface area contributed by atoms with Crippen molar-refractivity contribution < 1.29 is 14.3 Å². The van der Waals surface area contributed by atoms with Gasteiger partial charge in [-0.15, -0.1) is 0 Å². The van der Waals surface area contributed by atoms with Crippen molar-refractivity contribution in [2.75, 3.05) is 11.9 Å². The Morgan fingerprint density at radius 3 is 2.21 bits per heavy atom. The summed E-state index contributed by atoms with van der Waals surface area (Å²) in [6.07, 6.45) is 3.55. The molecule has 0 aliphatic heterocycles. The number of benzene rings is 1. The highest BCUT2D eigenvalue weighted by molar-refractivity contribution is 5.80. The van der Waals surface area contributed by atoms with Gasteiger partial charge in [0.25, 0.3) is 5.91 Å². The van der Waals surface area contributed by atoms with E-state index in [9.17, 15) is 9.59 Å². The van der Waals surface area contributed by atoms with Gasteiger partial charge in [0.1, 0.15) is 5.75 Å². The molecule has 0 spiro atoms. The molecular formula is C19H29N2O3. The SMILES string of the molecule is CCC(C)(C)c1ccc(OCC(N)=O)c(C(C)(C)CC)c1N[C]=O. The van der Waals surface area contributed by atoms with Crippen LogP contribution in [0.4, 0.5) is 5.69 Å². The number of anilines is 1. The fraction of sp³-hybridized carbons (Fsp3) is 0.579. The molecule has 3 N–H and O–H groups in total. The zero-order chi connectivity index (χ0) is 18.5. The summed E-state index contributed by atoms with van der Waals surface area (Å²) in [5.41, 5.74) is 7.43. The quantitative estimate of drug-likeness (QED) is 0.680. The van der Waals surface area contributed by atoms with Crippen LogP contribution in [0.1, 0.15) is 65.5 Å². The maximum absolute atomic E-state index is 11.1. The molecule has 0 atom stereocenters. The predicted molar refractivity (Wildman–Crippen MR) is 97.1 cm³/mol. The maximum Gasteiger partial charge on any atom is 0.314 e. The third kappa shape index (κ3) is 4.28. The van der Waals surface area contributed by atoms with Crippen molar-refractivity contribution >= 4 is 18.0 Å². The molecular weight excluding hydrogens is 304 g/mol. The lowest BCUT2D eigenvalue weighted by atomic mass is 9.74. The van der Waals surface area contributed by atoms with Crippen LogP contribution < -0.4 is 15.8 Å². The Morgan fingerprint density at radius 2 is 1.75 bits per heavy atom. The monoisotopic (exact) mass is 333 g/mol. The fourth-order valence-corrected chi connectivity index (χ4v) is 2.64. The van der Waals surface area contributed by atoms with Crippen LogP contribution in [0, 0.1) is 0 Å². The van der Waals surface area contributed by atoms with Crippen LogP contribution in [0.5, 0.6) is 5.75 Å². The number of rotatable bonds is 9. The molecule has 1 aromatic rings. The number of carbonyl (C=O) groups excluding carboxylic acids is 2. The molecule has 24 heavy (non-hydrogen) atoms. The number of carbonyl (C=O) groups is 1. The summed E-state index contributed by atoms with van der Waals surface area (Å²) < 4.78 is 5.63. The molecule has 1 radical (unpaired) electrons. The second-order valence-electron chi connectivity index (χ2n) is 7.32. The van der Waals surface area contributed by atoms with Crippen molar-refractivity contribution in [3.8, 4) is 5.75 Å². The number of nitrogens with one attached hydrogen (secondary N) is 1. The normalized spacial score (nSPS) is 11.9. The van der Waals surface area contributed by atoms with E-state index in [4.69, 9.17) is 10.5 Å². The van der Waals surface area contributed by atoms with Gasteiger partial charge in [0.2, 0.25) is 0 Å². The summed E-state index contributed by atoms with van der Waals surface area (Å²) in [6.45, 7) is 12.4. The molecule has 2 amide bonds. The minimum Gasteiger partial charge on any atom is -0.483 e. The number of ether oxygens (including phenoxy) is 1. The van der Waals surface area contributed by atoms with Crippen LogP contribution in [0.2, 0.25) is 0 Å². The summed E-state index contributed by atoms with van der Waals surface area (Å²) in [5.74, 6) is 0.0266. The van der Waals surface area contributed by atoms with Crippen LogP contribution in [0.3, 0.4) is 0 Å². The third-order valence-corrected chi connectivity index (χ3v) is 4.89. The Hall–Kier alpha value is -2.04. The Labute approximate surface area is 145 Å². The number of hydrogen-bond acceptors (Lipinski definition) is 3. The minimum absolute atomic E-state index is 0.125. The van der Waals surface area contributed by atoms with Gasteiger partial charge in [0.15, 0.2) is 6.61 Å². The van der Waals surface area contributed by atoms with E-state index in [2.05, 4.69) is 46.9 Å². The Morgan fingerprint density at radius 1 is 1.17 bits per heavy atom. The van der Waals surface area contributed by atoms with Gasteiger partial charge in [0.05, 0.1) is 5.69 Å². The average Bonchev–Trinajstić information content (AvgIpc) is 2.52. The standard InChI is InChI=1S/C19H29N2O3/c1-7-18(3,4)13-9-10-14(24-11-15(20)23)16(17(13)21-12-22)19(5,6)8-2/h9-10H,7-8,11H2,1-6H3,(H2,20,23)(H,21,22). The molecule has 1 aromatic carbocycles. The van der Waals surface area contributed by atoms with Gasteiger partial charge >= 0.3 is 6.41 Å². The van der Waals surface area contributed by atoms with Gasteiger partial charge in [0, 0.05) is 5.56 Å². The second-order valence-corrected chi connectivity index (χ2v) is 7.32. The predicted octanol–water partition coefficient (Wildman–Crippen LogP) is 3.41. The van der Waals surface area contributed by atoms with Gasteiger partial charge in [-0.05, 0) is 35.3 Å². The smallest absolute Gasteiger partial charge is 0.314 e. The molecule has 1 rings (SSSR count). The molecule has 0 heterocycles. The van der Waals surface area contributed by atoms with Gasteiger partial charge in [-0.25, -0.2) is 0 Å². The van der Waals surface area contributed by atoms with Crippen LogP contribution in [0.25, 0.3) is 0 Å². The average molecular weight is 333 g/mol. The van der Waals surface area contributed by atoms with Crippen molar-refractivity contribution in [1.29, 1.82) is 0 Å². The van der Waals surface area contributed by atoms with Crippen molar-refractivity contribution in [3.63, 3.8) is 0 Å². The van der Waals surface area contributed by atoms with Crippen LogP contribution in [-0.4, -0.2) is 18.9 Å². The third-order valence-electron chi connectivity index (χ3n) is 4.89. The summed E-state index contributed by atoms with van der Waals surface area (Å²) in [5, 5.41) is 2.75. The molecule has 0 bridgehead atoms. The molecule has 133 valence electrons. The first kappa shape index (κ1) is 20.0. The Bertz CT molecular complexity index is 607. The van der Waals surface area contributed by atoms with Crippen LogP contribution in [-0.2, 0) is 20.4 Å². The molecule has 0 saturated carbocycles. The summed E-state index contributed by atoms with van der Waals surface area (Å²) >= 11 is 0. The first-order chi connectivity index (χ1) is 11.1. The van der Waals surface area contributed by atoms with E-state index in [1.807, 2.05) is 12.1 Å². The van der Waals surface area contributed by atoms with E-state index in [1.54, 1.807) is 6.41 Å². The summed E-state index contributed by atoms with van der Waals surface area (Å²) in [4.78, 5) is 22.2. The summed E-state index contributed by atoms with van der Waals surface area (Å²) in [6, 6.07) is 3.80. The van der Waals surface area contributed by atoms with Crippen LogP contribution >= 0.6 is 0 Å². The van der Waals surface area contributed by atoms with Gasteiger partial charge in [-0.2, -0.15) is 0 Å². The highest BCUT2D eigenvalue weighted by Crippen LogP contribution is 2.45. The first-order valence-corrected chi connectivity index (χ1v) is 8.33. The number of primary amides is 1. The largest absolute Gasteiger partial charge is 0.483 e. The van der Waals surface area contributed by atoms with E-state index in [0.29, 0.717) is 11.4 Å². The molecule has 0 aliphatic carbocycles. The fourth-order valence-electron chi connectivity index (χ4n) is 2.64. The van der Waals surface area contributed by atoms with E-state index in [0.717, 1.165) is 24.0 Å². The van der Waals surface area contributed by atoms with Crippen molar-refractivity contribution in [3.05, 3.63) is 23.3 Å². The highest BCUT2D eigenvalue weighted by atomic mass is 16.5. The molecule has 0 aromatic heterocycles.